The van der Waals surface area contributed by atoms with Gasteiger partial charge < -0.3 is 19.5 Å². The Bertz CT molecular complexity index is 940. The predicted octanol–water partition coefficient (Wildman–Crippen LogP) is 3.98. The standard InChI is InChI=1S/C22H24N2O4S/c1-5-28-18-9-7-6-8-17(18)20-19(21(25)27-4)14(2)24(22(29)23-20)15-10-12-16(26-3)13-11-15/h6-13,20H,5H2,1-4H3,(H,23,29)/t20-/m0/s1. The third kappa shape index (κ3) is 4.05. The van der Waals surface area contributed by atoms with Crippen LogP contribution >= 0.6 is 12.2 Å². The van der Waals surface area contributed by atoms with Crippen LogP contribution in [0, 0.1) is 0 Å². The van der Waals surface area contributed by atoms with Crippen molar-refractivity contribution >= 4 is 29.0 Å². The molecule has 2 aromatic rings. The molecule has 0 aromatic heterocycles. The number of hydrogen-bond donors (Lipinski definition) is 1. The molecule has 0 saturated carbocycles. The summed E-state index contributed by atoms with van der Waals surface area (Å²) >= 11 is 5.66. The Labute approximate surface area is 176 Å². The number of para-hydroxylation sites is 1. The van der Waals surface area contributed by atoms with Gasteiger partial charge in [0.25, 0.3) is 0 Å². The first kappa shape index (κ1) is 20.7. The fourth-order valence-corrected chi connectivity index (χ4v) is 3.76. The summed E-state index contributed by atoms with van der Waals surface area (Å²) in [6.45, 7) is 4.30. The highest BCUT2D eigenvalue weighted by atomic mass is 32.1. The minimum Gasteiger partial charge on any atom is -0.497 e. The molecular weight excluding hydrogens is 388 g/mol. The van der Waals surface area contributed by atoms with E-state index >= 15 is 0 Å². The van der Waals surface area contributed by atoms with E-state index in [0.29, 0.717) is 28.7 Å². The van der Waals surface area contributed by atoms with Gasteiger partial charge in [-0.05, 0) is 56.4 Å². The van der Waals surface area contributed by atoms with Crippen molar-refractivity contribution in [3.63, 3.8) is 0 Å². The van der Waals surface area contributed by atoms with Gasteiger partial charge in [0, 0.05) is 16.9 Å². The summed E-state index contributed by atoms with van der Waals surface area (Å²) in [5, 5.41) is 3.77. The first-order chi connectivity index (χ1) is 14.0. The second-order valence-electron chi connectivity index (χ2n) is 6.38. The number of esters is 1. The van der Waals surface area contributed by atoms with E-state index in [1.165, 1.54) is 7.11 Å². The predicted molar refractivity (Wildman–Crippen MR) is 116 cm³/mol. The SMILES string of the molecule is CCOc1ccccc1[C@@H]1NC(=S)N(c2ccc(OC)cc2)C(C)=C1C(=O)OC. The average Bonchev–Trinajstić information content (AvgIpc) is 2.74. The molecule has 1 N–H and O–H groups in total. The van der Waals surface area contributed by atoms with Gasteiger partial charge >= 0.3 is 5.97 Å². The van der Waals surface area contributed by atoms with Gasteiger partial charge in [-0.3, -0.25) is 4.90 Å². The fraction of sp³-hybridized carbons (Fsp3) is 0.273. The maximum absolute atomic E-state index is 12.8. The van der Waals surface area contributed by atoms with E-state index in [-0.39, 0.29) is 0 Å². The molecule has 2 aromatic carbocycles. The molecule has 1 heterocycles. The van der Waals surface area contributed by atoms with E-state index in [1.54, 1.807) is 7.11 Å². The second-order valence-corrected chi connectivity index (χ2v) is 6.76. The Morgan fingerprint density at radius 3 is 2.45 bits per heavy atom. The van der Waals surface area contributed by atoms with Crippen LogP contribution in [-0.4, -0.2) is 31.9 Å². The number of hydrogen-bond acceptors (Lipinski definition) is 5. The van der Waals surface area contributed by atoms with Crippen molar-refractivity contribution in [2.45, 2.75) is 19.9 Å². The zero-order valence-electron chi connectivity index (χ0n) is 16.9. The van der Waals surface area contributed by atoms with Crippen molar-refractivity contribution in [1.82, 2.24) is 5.32 Å². The lowest BCUT2D eigenvalue weighted by Gasteiger charge is -2.37. The molecule has 0 unspecified atom stereocenters. The monoisotopic (exact) mass is 412 g/mol. The molecule has 0 amide bonds. The lowest BCUT2D eigenvalue weighted by atomic mass is 9.94. The van der Waals surface area contributed by atoms with Gasteiger partial charge in [0.15, 0.2) is 5.11 Å². The summed E-state index contributed by atoms with van der Waals surface area (Å²) in [4.78, 5) is 14.6. The van der Waals surface area contributed by atoms with Gasteiger partial charge in [-0.1, -0.05) is 18.2 Å². The molecule has 0 radical (unpaired) electrons. The summed E-state index contributed by atoms with van der Waals surface area (Å²) in [5.41, 5.74) is 2.82. The lowest BCUT2D eigenvalue weighted by molar-refractivity contribution is -0.136. The quantitative estimate of drug-likeness (QED) is 0.569. The molecule has 1 aliphatic rings. The number of carbonyl (C=O) groups excluding carboxylic acids is 1. The largest absolute Gasteiger partial charge is 0.497 e. The van der Waals surface area contributed by atoms with Gasteiger partial charge in [0.05, 0.1) is 32.4 Å². The Morgan fingerprint density at radius 2 is 1.83 bits per heavy atom. The van der Waals surface area contributed by atoms with Crippen LogP contribution in [0.2, 0.25) is 0 Å². The summed E-state index contributed by atoms with van der Waals surface area (Å²) < 4.78 is 16.1. The van der Waals surface area contributed by atoms with Crippen LogP contribution in [0.25, 0.3) is 0 Å². The molecule has 1 atom stereocenters. The lowest BCUT2D eigenvalue weighted by Crippen LogP contribution is -2.48. The number of anilines is 1. The molecule has 0 fully saturated rings. The van der Waals surface area contributed by atoms with E-state index in [9.17, 15) is 4.79 Å². The molecule has 7 heteroatoms. The highest BCUT2D eigenvalue weighted by Crippen LogP contribution is 2.37. The van der Waals surface area contributed by atoms with Gasteiger partial charge in [-0.2, -0.15) is 0 Å². The summed E-state index contributed by atoms with van der Waals surface area (Å²) in [6, 6.07) is 14.6. The average molecular weight is 413 g/mol. The summed E-state index contributed by atoms with van der Waals surface area (Å²) in [5.74, 6) is 1.01. The third-order valence-electron chi connectivity index (χ3n) is 4.75. The highest BCUT2D eigenvalue weighted by Gasteiger charge is 2.36. The van der Waals surface area contributed by atoms with Crippen molar-refractivity contribution < 1.29 is 19.0 Å². The topological polar surface area (TPSA) is 60.0 Å². The minimum absolute atomic E-state index is 0.424. The molecule has 0 bridgehead atoms. The van der Waals surface area contributed by atoms with Crippen molar-refractivity contribution in [3.05, 3.63) is 65.4 Å². The Kier molecular flexibility index (Phi) is 6.39. The normalized spacial score (nSPS) is 16.3. The van der Waals surface area contributed by atoms with E-state index in [2.05, 4.69) is 5.32 Å². The van der Waals surface area contributed by atoms with Gasteiger partial charge in [0.2, 0.25) is 0 Å². The van der Waals surface area contributed by atoms with Crippen LogP contribution in [0.1, 0.15) is 25.5 Å². The highest BCUT2D eigenvalue weighted by molar-refractivity contribution is 7.80. The molecule has 6 nitrogen and oxygen atoms in total. The molecular formula is C22H24N2O4S. The molecule has 0 spiro atoms. The van der Waals surface area contributed by atoms with E-state index in [0.717, 1.165) is 17.0 Å². The number of benzene rings is 2. The molecule has 3 rings (SSSR count). The fourth-order valence-electron chi connectivity index (χ4n) is 3.40. The number of nitrogens with one attached hydrogen (secondary N) is 1. The number of methoxy groups -OCH3 is 2. The van der Waals surface area contributed by atoms with Crippen molar-refractivity contribution in [1.29, 1.82) is 0 Å². The second kappa shape index (κ2) is 8.96. The molecule has 1 aliphatic heterocycles. The van der Waals surface area contributed by atoms with Gasteiger partial charge in [-0.15, -0.1) is 0 Å². The Hall–Kier alpha value is -3.06. The molecule has 152 valence electrons. The Morgan fingerprint density at radius 1 is 1.14 bits per heavy atom. The number of carbonyl (C=O) groups is 1. The smallest absolute Gasteiger partial charge is 0.337 e. The van der Waals surface area contributed by atoms with Crippen LogP contribution in [0.4, 0.5) is 5.69 Å². The molecule has 29 heavy (non-hydrogen) atoms. The third-order valence-corrected chi connectivity index (χ3v) is 5.05. The zero-order chi connectivity index (χ0) is 21.0. The number of nitrogens with zero attached hydrogens (tertiary/aromatic N) is 1. The maximum atomic E-state index is 12.8. The van der Waals surface area contributed by atoms with Crippen molar-refractivity contribution in [3.8, 4) is 11.5 Å². The first-order valence-corrected chi connectivity index (χ1v) is 9.68. The van der Waals surface area contributed by atoms with Gasteiger partial charge in [-0.25, -0.2) is 4.79 Å². The minimum atomic E-state index is -0.479. The van der Waals surface area contributed by atoms with E-state index in [1.807, 2.05) is 67.3 Å². The maximum Gasteiger partial charge on any atom is 0.337 e. The number of allylic oxidation sites excluding steroid dienone is 1. The van der Waals surface area contributed by atoms with Crippen LogP contribution in [0.15, 0.2) is 59.8 Å². The molecule has 0 saturated heterocycles. The van der Waals surface area contributed by atoms with Crippen molar-refractivity contribution in [2.24, 2.45) is 0 Å². The Balaban J connectivity index is 2.12. The van der Waals surface area contributed by atoms with E-state index < -0.39 is 12.0 Å². The number of ether oxygens (including phenoxy) is 3. The molecule has 0 aliphatic carbocycles. The van der Waals surface area contributed by atoms with Crippen LogP contribution in [0.3, 0.4) is 0 Å². The summed E-state index contributed by atoms with van der Waals surface area (Å²) in [7, 11) is 2.99. The van der Waals surface area contributed by atoms with Crippen LogP contribution in [-0.2, 0) is 9.53 Å². The number of thiocarbonyl (C=S) groups is 1. The van der Waals surface area contributed by atoms with Crippen LogP contribution < -0.4 is 19.7 Å². The van der Waals surface area contributed by atoms with Gasteiger partial charge in [0.1, 0.15) is 11.5 Å². The van der Waals surface area contributed by atoms with Crippen LogP contribution in [0.5, 0.6) is 11.5 Å². The zero-order valence-corrected chi connectivity index (χ0v) is 17.7. The van der Waals surface area contributed by atoms with Crippen molar-refractivity contribution in [2.75, 3.05) is 25.7 Å². The first-order valence-electron chi connectivity index (χ1n) is 9.27. The van der Waals surface area contributed by atoms with E-state index in [4.69, 9.17) is 26.4 Å². The summed E-state index contributed by atoms with van der Waals surface area (Å²) in [6.07, 6.45) is 0. The number of rotatable bonds is 6.